The molecule has 2 heterocycles. The molecular weight excluding hydrogens is 486 g/mol. The minimum absolute atomic E-state index is 0.150. The lowest BCUT2D eigenvalue weighted by atomic mass is 10.1. The molecule has 5 rings (SSSR count). The number of anilines is 2. The summed E-state index contributed by atoms with van der Waals surface area (Å²) >= 11 is 8.79. The Balaban J connectivity index is 1.68. The quantitative estimate of drug-likeness (QED) is 0.377. The number of Topliss-reactive ketones (excluding diaryl/α,β-unsaturated/α-hetero) is 1. The molecule has 1 saturated heterocycles. The number of para-hydroxylation sites is 1. The van der Waals surface area contributed by atoms with Crippen molar-refractivity contribution in [1.29, 1.82) is 0 Å². The van der Waals surface area contributed by atoms with E-state index in [4.69, 9.17) is 11.6 Å². The van der Waals surface area contributed by atoms with E-state index in [1.165, 1.54) is 30.4 Å². The molecule has 1 fully saturated rings. The zero-order valence-corrected chi connectivity index (χ0v) is 20.8. The molecule has 34 heavy (non-hydrogen) atoms. The van der Waals surface area contributed by atoms with Gasteiger partial charge in [0.05, 0.1) is 10.6 Å². The van der Waals surface area contributed by atoms with Crippen LogP contribution >= 0.6 is 35.1 Å². The SMILES string of the molecule is CC(=O)C1=NN(c2ccc(Cl)cc2)[C@@]2(S1)S/C(=C/c1ccc(C)cc1)C(=O)N2c1ccccc1. The van der Waals surface area contributed by atoms with Crippen molar-refractivity contribution < 1.29 is 9.59 Å². The summed E-state index contributed by atoms with van der Waals surface area (Å²) in [6.07, 6.45) is 1.89. The molecule has 0 radical (unpaired) electrons. The van der Waals surface area contributed by atoms with E-state index in [2.05, 4.69) is 5.10 Å². The first-order valence-electron chi connectivity index (χ1n) is 10.6. The van der Waals surface area contributed by atoms with Crippen molar-refractivity contribution in [2.45, 2.75) is 18.2 Å². The van der Waals surface area contributed by atoms with Gasteiger partial charge in [-0.25, -0.2) is 5.01 Å². The predicted molar refractivity (Wildman–Crippen MR) is 143 cm³/mol. The van der Waals surface area contributed by atoms with Gasteiger partial charge in [-0.1, -0.05) is 71.4 Å². The van der Waals surface area contributed by atoms with Crippen molar-refractivity contribution in [2.24, 2.45) is 5.10 Å². The maximum Gasteiger partial charge on any atom is 0.268 e. The zero-order valence-electron chi connectivity index (χ0n) is 18.4. The highest BCUT2D eigenvalue weighted by Crippen LogP contribution is 2.59. The Morgan fingerprint density at radius 2 is 1.62 bits per heavy atom. The molecule has 3 aromatic carbocycles. The fourth-order valence-electron chi connectivity index (χ4n) is 3.73. The fourth-order valence-corrected chi connectivity index (χ4v) is 6.73. The van der Waals surface area contributed by atoms with Gasteiger partial charge in [-0.3, -0.25) is 14.5 Å². The number of halogens is 1. The van der Waals surface area contributed by atoms with Gasteiger partial charge in [-0.2, -0.15) is 5.10 Å². The molecule has 0 aromatic heterocycles. The van der Waals surface area contributed by atoms with Crippen LogP contribution < -0.4 is 9.91 Å². The summed E-state index contributed by atoms with van der Waals surface area (Å²) in [6, 6.07) is 24.7. The Bertz CT molecular complexity index is 1320. The number of thioether (sulfide) groups is 2. The average molecular weight is 506 g/mol. The first-order chi connectivity index (χ1) is 16.4. The molecule has 0 unspecified atom stereocenters. The highest BCUT2D eigenvalue weighted by molar-refractivity contribution is 8.29. The molecule has 1 spiro atoms. The van der Waals surface area contributed by atoms with Crippen molar-refractivity contribution in [2.75, 3.05) is 9.91 Å². The zero-order chi connectivity index (χ0) is 23.9. The van der Waals surface area contributed by atoms with Crippen LogP contribution in [-0.2, 0) is 9.59 Å². The third kappa shape index (κ3) is 4.04. The summed E-state index contributed by atoms with van der Waals surface area (Å²) in [6.45, 7) is 3.51. The van der Waals surface area contributed by atoms with Gasteiger partial charge in [-0.05, 0) is 66.7 Å². The Hall–Kier alpha value is -3.00. The minimum Gasteiger partial charge on any atom is -0.292 e. The van der Waals surface area contributed by atoms with E-state index in [1.807, 2.05) is 79.7 Å². The summed E-state index contributed by atoms with van der Waals surface area (Å²) in [5, 5.41) is 7.34. The lowest BCUT2D eigenvalue weighted by Gasteiger charge is -2.38. The van der Waals surface area contributed by atoms with Gasteiger partial charge in [0.15, 0.2) is 10.8 Å². The summed E-state index contributed by atoms with van der Waals surface area (Å²) < 4.78 is -1.04. The first-order valence-corrected chi connectivity index (χ1v) is 12.6. The number of carbonyl (C=O) groups excluding carboxylic acids is 2. The van der Waals surface area contributed by atoms with E-state index in [0.29, 0.717) is 15.0 Å². The van der Waals surface area contributed by atoms with E-state index in [0.717, 1.165) is 22.5 Å². The largest absolute Gasteiger partial charge is 0.292 e. The highest BCUT2D eigenvalue weighted by atomic mass is 35.5. The molecule has 1 atom stereocenters. The Morgan fingerprint density at radius 3 is 2.26 bits per heavy atom. The van der Waals surface area contributed by atoms with Gasteiger partial charge in [0.25, 0.3) is 5.91 Å². The van der Waals surface area contributed by atoms with Crippen LogP contribution in [0.25, 0.3) is 6.08 Å². The van der Waals surface area contributed by atoms with E-state index < -0.39 is 4.33 Å². The number of amides is 1. The Labute approximate surface area is 211 Å². The molecule has 3 aromatic rings. The number of aryl methyl sites for hydroxylation is 1. The van der Waals surface area contributed by atoms with Crippen molar-refractivity contribution in [1.82, 2.24) is 0 Å². The third-order valence-electron chi connectivity index (χ3n) is 5.39. The number of ketones is 1. The van der Waals surface area contributed by atoms with Crippen molar-refractivity contribution in [3.05, 3.63) is 99.9 Å². The molecule has 5 nitrogen and oxygen atoms in total. The number of nitrogens with zero attached hydrogens (tertiary/aromatic N) is 3. The molecule has 0 aliphatic carbocycles. The molecule has 8 heteroatoms. The number of rotatable bonds is 4. The van der Waals surface area contributed by atoms with Crippen LogP contribution in [0.1, 0.15) is 18.1 Å². The van der Waals surface area contributed by atoms with E-state index in [9.17, 15) is 9.59 Å². The minimum atomic E-state index is -1.04. The Morgan fingerprint density at radius 1 is 0.941 bits per heavy atom. The summed E-state index contributed by atoms with van der Waals surface area (Å²) in [4.78, 5) is 28.6. The molecule has 0 N–H and O–H groups in total. The lowest BCUT2D eigenvalue weighted by Crippen LogP contribution is -2.51. The standard InChI is InChI=1S/C26H20ClN3O2S2/c1-17-8-10-19(11-9-17)16-23-25(32)29(21-6-4-3-5-7-21)26(33-23)30(28-24(34-26)18(2)31)22-14-12-20(27)13-15-22/h3-16H,1-2H3/b23-16+/t26-/m1/s1. The summed E-state index contributed by atoms with van der Waals surface area (Å²) in [5.41, 5.74) is 3.53. The number of hydrazone groups is 1. The average Bonchev–Trinajstić information content (AvgIpc) is 3.34. The summed E-state index contributed by atoms with van der Waals surface area (Å²) in [7, 11) is 0. The smallest absolute Gasteiger partial charge is 0.268 e. The maximum atomic E-state index is 13.9. The number of hydrogen-bond acceptors (Lipinski definition) is 6. The molecule has 0 saturated carbocycles. The second-order valence-corrected chi connectivity index (χ2v) is 11.0. The third-order valence-corrected chi connectivity index (χ3v) is 8.46. The van der Waals surface area contributed by atoms with Gasteiger partial charge in [0, 0.05) is 17.6 Å². The predicted octanol–water partition coefficient (Wildman–Crippen LogP) is 6.54. The van der Waals surface area contributed by atoms with Crippen molar-refractivity contribution in [3.8, 4) is 0 Å². The summed E-state index contributed by atoms with van der Waals surface area (Å²) in [5.74, 6) is -0.305. The van der Waals surface area contributed by atoms with Crippen LogP contribution in [-0.4, -0.2) is 21.1 Å². The van der Waals surface area contributed by atoms with Crippen LogP contribution in [0.2, 0.25) is 5.02 Å². The fraction of sp³-hybridized carbons (Fsp3) is 0.115. The van der Waals surface area contributed by atoms with Crippen molar-refractivity contribution >= 4 is 69.3 Å². The van der Waals surface area contributed by atoms with Gasteiger partial charge in [0.2, 0.25) is 4.33 Å². The van der Waals surface area contributed by atoms with Gasteiger partial charge in [-0.15, -0.1) is 0 Å². The first kappa shape index (κ1) is 22.8. The lowest BCUT2D eigenvalue weighted by molar-refractivity contribution is -0.114. The number of hydrogen-bond donors (Lipinski definition) is 0. The molecule has 2 aliphatic heterocycles. The molecule has 2 aliphatic rings. The number of carbonyl (C=O) groups is 2. The topological polar surface area (TPSA) is 53.0 Å². The van der Waals surface area contributed by atoms with Crippen LogP contribution in [0.3, 0.4) is 0 Å². The highest BCUT2D eigenvalue weighted by Gasteiger charge is 2.59. The van der Waals surface area contributed by atoms with Crippen molar-refractivity contribution in [3.63, 3.8) is 0 Å². The normalized spacial score (nSPS) is 21.0. The van der Waals surface area contributed by atoms with E-state index in [1.54, 1.807) is 22.0 Å². The van der Waals surface area contributed by atoms with Gasteiger partial charge < -0.3 is 0 Å². The molecule has 1 amide bonds. The maximum absolute atomic E-state index is 13.9. The van der Waals surface area contributed by atoms with Crippen LogP contribution in [0.15, 0.2) is 88.9 Å². The monoisotopic (exact) mass is 505 g/mol. The van der Waals surface area contributed by atoms with Gasteiger partial charge >= 0.3 is 0 Å². The molecule has 170 valence electrons. The van der Waals surface area contributed by atoms with Crippen LogP contribution in [0.4, 0.5) is 11.4 Å². The van der Waals surface area contributed by atoms with E-state index >= 15 is 0 Å². The van der Waals surface area contributed by atoms with E-state index in [-0.39, 0.29) is 11.7 Å². The molecule has 0 bridgehead atoms. The Kier molecular flexibility index (Phi) is 6.02. The van der Waals surface area contributed by atoms with Crippen LogP contribution in [0, 0.1) is 6.92 Å². The van der Waals surface area contributed by atoms with Gasteiger partial charge in [0.1, 0.15) is 0 Å². The second kappa shape index (κ2) is 8.98. The van der Waals surface area contributed by atoms with Crippen LogP contribution in [0.5, 0.6) is 0 Å². The second-order valence-electron chi connectivity index (χ2n) is 7.90. The number of benzene rings is 3. The molecular formula is C26H20ClN3O2S2.